The molecule has 0 aromatic carbocycles. The molecule has 0 amide bonds. The van der Waals surface area contributed by atoms with Gasteiger partial charge in [0, 0.05) is 12.2 Å². The molecule has 0 aliphatic heterocycles. The van der Waals surface area contributed by atoms with E-state index in [9.17, 15) is 0 Å². The van der Waals surface area contributed by atoms with E-state index in [4.69, 9.17) is 11.6 Å². The maximum absolute atomic E-state index is 6.18. The molecule has 0 saturated heterocycles. The number of fused-ring (bicyclic) bond motifs is 1. The Morgan fingerprint density at radius 1 is 1.50 bits per heavy atom. The Balaban J connectivity index is 2.28. The zero-order chi connectivity index (χ0) is 11.3. The van der Waals surface area contributed by atoms with E-state index in [1.165, 1.54) is 12.8 Å². The van der Waals surface area contributed by atoms with Crippen LogP contribution in [0.15, 0.2) is 12.3 Å². The highest BCUT2D eigenvalue weighted by atomic mass is 35.5. The molecule has 16 heavy (non-hydrogen) atoms. The van der Waals surface area contributed by atoms with Crippen LogP contribution in [0, 0.1) is 6.92 Å². The first-order valence-corrected chi connectivity index (χ1v) is 6.09. The quantitative estimate of drug-likeness (QED) is 0.748. The predicted molar refractivity (Wildman–Crippen MR) is 64.8 cm³/mol. The summed E-state index contributed by atoms with van der Waals surface area (Å²) in [5, 5.41) is -0.0601. The summed E-state index contributed by atoms with van der Waals surface area (Å²) in [6.07, 6.45) is 4.33. The van der Waals surface area contributed by atoms with Gasteiger partial charge in [-0.3, -0.25) is 0 Å². The molecule has 1 unspecified atom stereocenters. The molecule has 84 valence electrons. The Hall–Kier alpha value is -1.09. The first kappa shape index (κ1) is 10.1. The Labute approximate surface area is 99.5 Å². The van der Waals surface area contributed by atoms with E-state index >= 15 is 0 Å². The molecule has 4 heteroatoms. The predicted octanol–water partition coefficient (Wildman–Crippen LogP) is 3.37. The van der Waals surface area contributed by atoms with E-state index in [0.717, 1.165) is 22.6 Å². The summed E-state index contributed by atoms with van der Waals surface area (Å²) in [6.45, 7) is 4.00. The molecule has 0 spiro atoms. The summed E-state index contributed by atoms with van der Waals surface area (Å²) >= 11 is 6.18. The third kappa shape index (κ3) is 1.50. The number of nitrogens with zero attached hydrogens (tertiary/aromatic N) is 3. The lowest BCUT2D eigenvalue weighted by atomic mass is 10.3. The van der Waals surface area contributed by atoms with E-state index < -0.39 is 0 Å². The van der Waals surface area contributed by atoms with Crippen LogP contribution in [0.4, 0.5) is 0 Å². The first-order valence-electron chi connectivity index (χ1n) is 5.65. The summed E-state index contributed by atoms with van der Waals surface area (Å²) in [5.74, 6) is 0.956. The Morgan fingerprint density at radius 2 is 2.25 bits per heavy atom. The van der Waals surface area contributed by atoms with Gasteiger partial charge in [0.05, 0.1) is 5.38 Å². The zero-order valence-corrected chi connectivity index (χ0v) is 10.2. The summed E-state index contributed by atoms with van der Waals surface area (Å²) in [6, 6.07) is 2.64. The van der Waals surface area contributed by atoms with Gasteiger partial charge in [-0.2, -0.15) is 0 Å². The van der Waals surface area contributed by atoms with Gasteiger partial charge in [-0.1, -0.05) is 0 Å². The maximum atomic E-state index is 6.18. The fourth-order valence-corrected chi connectivity index (χ4v) is 2.23. The monoisotopic (exact) mass is 235 g/mol. The van der Waals surface area contributed by atoms with Crippen LogP contribution in [-0.2, 0) is 0 Å². The molecular weight excluding hydrogens is 222 g/mol. The largest absolute Gasteiger partial charge is 0.308 e. The Kier molecular flexibility index (Phi) is 2.18. The lowest BCUT2D eigenvalue weighted by Crippen LogP contribution is -2.02. The molecule has 0 N–H and O–H groups in total. The third-order valence-electron chi connectivity index (χ3n) is 2.96. The number of aromatic nitrogens is 3. The van der Waals surface area contributed by atoms with Crippen molar-refractivity contribution in [3.05, 3.63) is 23.7 Å². The third-order valence-corrected chi connectivity index (χ3v) is 3.16. The molecule has 1 saturated carbocycles. The van der Waals surface area contributed by atoms with Crippen LogP contribution in [0.3, 0.4) is 0 Å². The molecule has 1 fully saturated rings. The number of imidazole rings is 1. The van der Waals surface area contributed by atoms with Gasteiger partial charge in [-0.25, -0.2) is 9.97 Å². The van der Waals surface area contributed by atoms with Crippen molar-refractivity contribution in [1.29, 1.82) is 0 Å². The van der Waals surface area contributed by atoms with E-state index in [2.05, 4.69) is 20.6 Å². The van der Waals surface area contributed by atoms with Crippen molar-refractivity contribution in [2.45, 2.75) is 38.1 Å². The molecule has 3 nitrogen and oxygen atoms in total. The second kappa shape index (κ2) is 3.45. The second-order valence-corrected chi connectivity index (χ2v) is 5.20. The average molecular weight is 236 g/mol. The number of alkyl halides is 1. The highest BCUT2D eigenvalue weighted by Crippen LogP contribution is 2.40. The minimum Gasteiger partial charge on any atom is -0.308 e. The van der Waals surface area contributed by atoms with Gasteiger partial charge < -0.3 is 4.57 Å². The van der Waals surface area contributed by atoms with E-state index in [1.54, 1.807) is 0 Å². The molecule has 2 heterocycles. The van der Waals surface area contributed by atoms with Crippen LogP contribution in [0.25, 0.3) is 11.2 Å². The summed E-state index contributed by atoms with van der Waals surface area (Å²) in [4.78, 5) is 9.09. The van der Waals surface area contributed by atoms with Crippen LogP contribution in [0.5, 0.6) is 0 Å². The fourth-order valence-electron chi connectivity index (χ4n) is 2.07. The topological polar surface area (TPSA) is 30.7 Å². The molecule has 2 aromatic rings. The van der Waals surface area contributed by atoms with Gasteiger partial charge in [0.1, 0.15) is 11.3 Å². The second-order valence-electron chi connectivity index (χ2n) is 4.54. The van der Waals surface area contributed by atoms with Crippen molar-refractivity contribution < 1.29 is 0 Å². The zero-order valence-electron chi connectivity index (χ0n) is 9.44. The molecule has 3 rings (SSSR count). The van der Waals surface area contributed by atoms with Crippen molar-refractivity contribution in [2.24, 2.45) is 0 Å². The van der Waals surface area contributed by atoms with Gasteiger partial charge in [0.15, 0.2) is 5.65 Å². The molecule has 2 aromatic heterocycles. The molecule has 1 aliphatic carbocycles. The van der Waals surface area contributed by atoms with Crippen LogP contribution in [0.1, 0.15) is 42.6 Å². The van der Waals surface area contributed by atoms with Gasteiger partial charge in [-0.15, -0.1) is 11.6 Å². The number of aryl methyl sites for hydroxylation is 1. The molecule has 0 radical (unpaired) electrons. The van der Waals surface area contributed by atoms with Crippen molar-refractivity contribution >= 4 is 22.8 Å². The van der Waals surface area contributed by atoms with Crippen LogP contribution in [0.2, 0.25) is 0 Å². The standard InChI is InChI=1S/C12H14ClN3/c1-7-5-10-12(14-6-7)16(9-3-4-9)11(15-10)8(2)13/h5-6,8-9H,3-4H2,1-2H3. The number of halogens is 1. The van der Waals surface area contributed by atoms with Crippen LogP contribution < -0.4 is 0 Å². The number of hydrogen-bond donors (Lipinski definition) is 0. The van der Waals surface area contributed by atoms with Gasteiger partial charge in [0.2, 0.25) is 0 Å². The minimum atomic E-state index is -0.0601. The SMILES string of the molecule is Cc1cnc2c(c1)nc(C(C)Cl)n2C1CC1. The number of pyridine rings is 1. The van der Waals surface area contributed by atoms with Crippen molar-refractivity contribution in [3.8, 4) is 0 Å². The Morgan fingerprint density at radius 3 is 2.88 bits per heavy atom. The fraction of sp³-hybridized carbons (Fsp3) is 0.500. The normalized spacial score (nSPS) is 17.9. The van der Waals surface area contributed by atoms with Gasteiger partial charge >= 0.3 is 0 Å². The van der Waals surface area contributed by atoms with E-state index in [0.29, 0.717) is 6.04 Å². The highest BCUT2D eigenvalue weighted by Gasteiger charge is 2.30. The molecule has 1 atom stereocenters. The van der Waals surface area contributed by atoms with Gasteiger partial charge in [0.25, 0.3) is 0 Å². The maximum Gasteiger partial charge on any atom is 0.160 e. The molecule has 0 bridgehead atoms. The number of rotatable bonds is 2. The van der Waals surface area contributed by atoms with Crippen molar-refractivity contribution in [2.75, 3.05) is 0 Å². The number of hydrogen-bond acceptors (Lipinski definition) is 2. The van der Waals surface area contributed by atoms with E-state index in [-0.39, 0.29) is 5.38 Å². The first-order chi connectivity index (χ1) is 7.66. The molecule has 1 aliphatic rings. The van der Waals surface area contributed by atoms with Crippen LogP contribution in [-0.4, -0.2) is 14.5 Å². The summed E-state index contributed by atoms with van der Waals surface area (Å²) in [5.41, 5.74) is 3.09. The smallest absolute Gasteiger partial charge is 0.160 e. The lowest BCUT2D eigenvalue weighted by molar-refractivity contribution is 0.694. The summed E-state index contributed by atoms with van der Waals surface area (Å²) < 4.78 is 2.21. The van der Waals surface area contributed by atoms with Crippen LogP contribution >= 0.6 is 11.6 Å². The highest BCUT2D eigenvalue weighted by molar-refractivity contribution is 6.20. The minimum absolute atomic E-state index is 0.0601. The van der Waals surface area contributed by atoms with Gasteiger partial charge in [-0.05, 0) is 38.3 Å². The lowest BCUT2D eigenvalue weighted by Gasteiger charge is -2.07. The average Bonchev–Trinajstić information content (AvgIpc) is 2.99. The Bertz CT molecular complexity index is 540. The summed E-state index contributed by atoms with van der Waals surface area (Å²) in [7, 11) is 0. The molecular formula is C12H14ClN3. The van der Waals surface area contributed by atoms with Crippen molar-refractivity contribution in [1.82, 2.24) is 14.5 Å². The van der Waals surface area contributed by atoms with E-state index in [1.807, 2.05) is 20.0 Å². The van der Waals surface area contributed by atoms with Crippen molar-refractivity contribution in [3.63, 3.8) is 0 Å².